The first-order valence-electron chi connectivity index (χ1n) is 10.2. The summed E-state index contributed by atoms with van der Waals surface area (Å²) in [6.07, 6.45) is 6.29. The Morgan fingerprint density at radius 2 is 2.00 bits per heavy atom. The predicted octanol–water partition coefficient (Wildman–Crippen LogP) is 3.37. The molecule has 3 saturated heterocycles. The molecule has 0 saturated carbocycles. The molecule has 2 bridgehead atoms. The molecule has 3 atom stereocenters. The summed E-state index contributed by atoms with van der Waals surface area (Å²) in [5.41, 5.74) is 1.41. The molecule has 6 heteroatoms. The van der Waals surface area contributed by atoms with Gasteiger partial charge in [0.1, 0.15) is 0 Å². The molecule has 0 radical (unpaired) electrons. The standard InChI is InChI=1S/C21H30BrN3O2/c1-2-23-20(25-18-13-17-7-8-19(18)27-17)24-14-21(9-11-26-12-10-21)15-3-5-16(22)6-4-15/h3-6,17-19H,2,7-14H2,1H3,(H2,23,24,25). The first kappa shape index (κ1) is 19.2. The molecule has 2 N–H and O–H groups in total. The lowest BCUT2D eigenvalue weighted by Crippen LogP contribution is -2.48. The minimum absolute atomic E-state index is 0.0481. The Balaban J connectivity index is 1.50. The normalized spacial score (nSPS) is 29.7. The molecule has 0 amide bonds. The molecule has 1 aromatic rings. The van der Waals surface area contributed by atoms with Gasteiger partial charge in [0.25, 0.3) is 0 Å². The minimum Gasteiger partial charge on any atom is -0.381 e. The van der Waals surface area contributed by atoms with Crippen LogP contribution in [0, 0.1) is 0 Å². The Labute approximate surface area is 170 Å². The summed E-state index contributed by atoms with van der Waals surface area (Å²) in [5, 5.41) is 7.07. The summed E-state index contributed by atoms with van der Waals surface area (Å²) in [4.78, 5) is 5.03. The van der Waals surface area contributed by atoms with Gasteiger partial charge in [-0.05, 0) is 56.7 Å². The quantitative estimate of drug-likeness (QED) is 0.549. The average molecular weight is 436 g/mol. The van der Waals surface area contributed by atoms with Crippen LogP contribution in [-0.4, -0.2) is 50.5 Å². The predicted molar refractivity (Wildman–Crippen MR) is 111 cm³/mol. The van der Waals surface area contributed by atoms with Crippen molar-refractivity contribution in [2.75, 3.05) is 26.3 Å². The molecule has 27 heavy (non-hydrogen) atoms. The Morgan fingerprint density at radius 1 is 1.22 bits per heavy atom. The Morgan fingerprint density at radius 3 is 2.63 bits per heavy atom. The second-order valence-corrected chi connectivity index (χ2v) is 8.87. The first-order chi connectivity index (χ1) is 13.2. The zero-order valence-electron chi connectivity index (χ0n) is 16.0. The van der Waals surface area contributed by atoms with Crippen LogP contribution in [0.4, 0.5) is 0 Å². The number of benzene rings is 1. The number of aliphatic imine (C=N–C) groups is 1. The fourth-order valence-electron chi connectivity index (χ4n) is 4.62. The summed E-state index contributed by atoms with van der Waals surface area (Å²) < 4.78 is 12.8. The average Bonchev–Trinajstić information content (AvgIpc) is 3.31. The van der Waals surface area contributed by atoms with Gasteiger partial charge in [0.05, 0.1) is 24.8 Å². The van der Waals surface area contributed by atoms with E-state index in [1.165, 1.54) is 18.4 Å². The molecular weight excluding hydrogens is 406 g/mol. The third-order valence-corrected chi connectivity index (χ3v) is 6.75. The number of nitrogens with one attached hydrogen (secondary N) is 2. The van der Waals surface area contributed by atoms with Gasteiger partial charge in [-0.3, -0.25) is 4.99 Å². The van der Waals surface area contributed by atoms with Crippen LogP contribution < -0.4 is 10.6 Å². The molecule has 4 rings (SSSR count). The van der Waals surface area contributed by atoms with Crippen LogP contribution in [0.5, 0.6) is 0 Å². The van der Waals surface area contributed by atoms with Crippen molar-refractivity contribution in [1.29, 1.82) is 0 Å². The highest BCUT2D eigenvalue weighted by molar-refractivity contribution is 9.10. The Kier molecular flexibility index (Phi) is 6.05. The van der Waals surface area contributed by atoms with E-state index >= 15 is 0 Å². The van der Waals surface area contributed by atoms with Crippen LogP contribution >= 0.6 is 15.9 Å². The van der Waals surface area contributed by atoms with Gasteiger partial charge in [-0.2, -0.15) is 0 Å². The van der Waals surface area contributed by atoms with E-state index in [0.29, 0.717) is 18.2 Å². The summed E-state index contributed by atoms with van der Waals surface area (Å²) in [5.74, 6) is 0.918. The van der Waals surface area contributed by atoms with E-state index in [9.17, 15) is 0 Å². The number of nitrogens with zero attached hydrogens (tertiary/aromatic N) is 1. The lowest BCUT2D eigenvalue weighted by Gasteiger charge is -2.37. The van der Waals surface area contributed by atoms with Crippen molar-refractivity contribution in [3.05, 3.63) is 34.3 Å². The molecule has 0 spiro atoms. The topological polar surface area (TPSA) is 54.9 Å². The zero-order valence-corrected chi connectivity index (χ0v) is 17.6. The second kappa shape index (κ2) is 8.50. The fraction of sp³-hybridized carbons (Fsp3) is 0.667. The van der Waals surface area contributed by atoms with E-state index in [4.69, 9.17) is 14.5 Å². The van der Waals surface area contributed by atoms with Gasteiger partial charge in [-0.1, -0.05) is 28.1 Å². The molecule has 1 aromatic carbocycles. The number of ether oxygens (including phenoxy) is 2. The van der Waals surface area contributed by atoms with Crippen LogP contribution in [0.25, 0.3) is 0 Å². The second-order valence-electron chi connectivity index (χ2n) is 7.96. The lowest BCUT2D eigenvalue weighted by atomic mass is 9.74. The molecule has 0 aromatic heterocycles. The van der Waals surface area contributed by atoms with Crippen molar-refractivity contribution in [3.63, 3.8) is 0 Å². The van der Waals surface area contributed by atoms with E-state index in [1.54, 1.807) is 0 Å². The van der Waals surface area contributed by atoms with E-state index in [2.05, 4.69) is 57.8 Å². The highest BCUT2D eigenvalue weighted by Gasteiger charge is 2.41. The minimum atomic E-state index is 0.0481. The maximum absolute atomic E-state index is 5.99. The van der Waals surface area contributed by atoms with Crippen LogP contribution in [0.15, 0.2) is 33.7 Å². The molecule has 3 heterocycles. The SMILES string of the molecule is CCNC(=NCC1(c2ccc(Br)cc2)CCOCC1)NC1CC2CCC1O2. The van der Waals surface area contributed by atoms with Crippen molar-refractivity contribution < 1.29 is 9.47 Å². The number of guanidine groups is 1. The van der Waals surface area contributed by atoms with Gasteiger partial charge in [0.15, 0.2) is 5.96 Å². The molecular formula is C21H30BrN3O2. The van der Waals surface area contributed by atoms with Crippen LogP contribution in [0.1, 0.15) is 44.6 Å². The molecule has 3 aliphatic rings. The smallest absolute Gasteiger partial charge is 0.191 e. The van der Waals surface area contributed by atoms with Gasteiger partial charge in [0.2, 0.25) is 0 Å². The maximum atomic E-state index is 5.99. The number of hydrogen-bond donors (Lipinski definition) is 2. The maximum Gasteiger partial charge on any atom is 0.191 e. The molecule has 3 fully saturated rings. The third-order valence-electron chi connectivity index (χ3n) is 6.22. The Hall–Kier alpha value is -1.11. The van der Waals surface area contributed by atoms with E-state index < -0.39 is 0 Å². The van der Waals surface area contributed by atoms with Crippen molar-refractivity contribution in [1.82, 2.24) is 10.6 Å². The number of rotatable bonds is 5. The summed E-state index contributed by atoms with van der Waals surface area (Å²) in [6, 6.07) is 9.11. The molecule has 0 aliphatic carbocycles. The van der Waals surface area contributed by atoms with Gasteiger partial charge in [-0.25, -0.2) is 0 Å². The van der Waals surface area contributed by atoms with Crippen LogP contribution in [0.2, 0.25) is 0 Å². The monoisotopic (exact) mass is 435 g/mol. The largest absolute Gasteiger partial charge is 0.381 e. The van der Waals surface area contributed by atoms with Crippen molar-refractivity contribution in [2.45, 2.75) is 62.7 Å². The highest BCUT2D eigenvalue weighted by Crippen LogP contribution is 2.36. The first-order valence-corrected chi connectivity index (χ1v) is 11.0. The summed E-state index contributed by atoms with van der Waals surface area (Å²) >= 11 is 3.55. The van der Waals surface area contributed by atoms with Gasteiger partial charge in [0, 0.05) is 29.6 Å². The van der Waals surface area contributed by atoms with Crippen molar-refractivity contribution in [2.24, 2.45) is 4.99 Å². The number of fused-ring (bicyclic) bond motifs is 2. The lowest BCUT2D eigenvalue weighted by molar-refractivity contribution is 0.0531. The molecule has 148 valence electrons. The third kappa shape index (κ3) is 4.33. The summed E-state index contributed by atoms with van der Waals surface area (Å²) in [7, 11) is 0. The molecule has 3 aliphatic heterocycles. The Bertz CT molecular complexity index is 658. The summed E-state index contributed by atoms with van der Waals surface area (Å²) in [6.45, 7) is 5.36. The van der Waals surface area contributed by atoms with Crippen molar-refractivity contribution >= 4 is 21.9 Å². The van der Waals surface area contributed by atoms with E-state index in [1.807, 2.05) is 0 Å². The van der Waals surface area contributed by atoms with Gasteiger partial charge >= 0.3 is 0 Å². The molecule has 3 unspecified atom stereocenters. The van der Waals surface area contributed by atoms with Crippen LogP contribution in [-0.2, 0) is 14.9 Å². The molecule has 5 nitrogen and oxygen atoms in total. The van der Waals surface area contributed by atoms with Crippen LogP contribution in [0.3, 0.4) is 0 Å². The zero-order chi connectivity index (χ0) is 18.7. The number of halogens is 1. The van der Waals surface area contributed by atoms with E-state index in [0.717, 1.165) is 56.0 Å². The van der Waals surface area contributed by atoms with Gasteiger partial charge in [-0.15, -0.1) is 0 Å². The van der Waals surface area contributed by atoms with Gasteiger partial charge < -0.3 is 20.1 Å². The highest BCUT2D eigenvalue weighted by atomic mass is 79.9. The van der Waals surface area contributed by atoms with E-state index in [-0.39, 0.29) is 5.41 Å². The van der Waals surface area contributed by atoms with Crippen molar-refractivity contribution in [3.8, 4) is 0 Å². The fourth-order valence-corrected chi connectivity index (χ4v) is 4.88. The number of hydrogen-bond acceptors (Lipinski definition) is 3.